The Morgan fingerprint density at radius 1 is 0.718 bits per heavy atom. The third-order valence-corrected chi connectivity index (χ3v) is 7.47. The molecule has 39 heavy (non-hydrogen) atoms. The van der Waals surface area contributed by atoms with Gasteiger partial charge in [-0.25, -0.2) is 9.48 Å². The predicted molar refractivity (Wildman–Crippen MR) is 156 cm³/mol. The zero-order valence-corrected chi connectivity index (χ0v) is 23.2. The van der Waals surface area contributed by atoms with E-state index in [1.165, 1.54) is 44.1 Å². The molecule has 0 N–H and O–H groups in total. The molecule has 0 unspecified atom stereocenters. The van der Waals surface area contributed by atoms with Crippen molar-refractivity contribution in [3.63, 3.8) is 0 Å². The molecule has 0 aromatic heterocycles. The lowest BCUT2D eigenvalue weighted by atomic mass is 9.91. The van der Waals surface area contributed by atoms with Gasteiger partial charge in [-0.15, -0.1) is 11.8 Å². The molecule has 0 radical (unpaired) electrons. The highest BCUT2D eigenvalue weighted by atomic mass is 32.2. The van der Waals surface area contributed by atoms with Gasteiger partial charge in [0.2, 0.25) is 6.34 Å². The molecule has 1 aliphatic rings. The fourth-order valence-corrected chi connectivity index (χ4v) is 6.00. The topological polar surface area (TPSA) is 6.25 Å². The van der Waals surface area contributed by atoms with Gasteiger partial charge in [0.15, 0.2) is 12.1 Å². The lowest BCUT2D eigenvalue weighted by Crippen LogP contribution is -2.26. The van der Waals surface area contributed by atoms with Gasteiger partial charge >= 0.3 is 7.25 Å². The summed E-state index contributed by atoms with van der Waals surface area (Å²) in [4.78, 5) is 3.77. The van der Waals surface area contributed by atoms with Gasteiger partial charge in [0, 0.05) is 11.1 Å². The van der Waals surface area contributed by atoms with Crippen LogP contribution in [0.3, 0.4) is 0 Å². The van der Waals surface area contributed by atoms with Gasteiger partial charge < -0.3 is 17.3 Å². The number of halogens is 4. The smallest absolute Gasteiger partial charge is 0.418 e. The van der Waals surface area contributed by atoms with Crippen molar-refractivity contribution < 1.29 is 21.8 Å². The van der Waals surface area contributed by atoms with Crippen molar-refractivity contribution in [1.82, 2.24) is 0 Å². The average molecular weight is 550 g/mol. The zero-order chi connectivity index (χ0) is 28.2. The molecule has 1 aliphatic heterocycles. The molecule has 0 spiro atoms. The van der Waals surface area contributed by atoms with Crippen LogP contribution in [0.1, 0.15) is 39.9 Å². The number of hydrogen-bond acceptors (Lipinski definition) is 2. The molecule has 4 aromatic carbocycles. The second-order valence-corrected chi connectivity index (χ2v) is 10.4. The molecule has 0 saturated carbocycles. The lowest BCUT2D eigenvalue weighted by Gasteiger charge is -2.25. The number of anilines is 1. The monoisotopic (exact) mass is 550 g/mol. The van der Waals surface area contributed by atoms with E-state index in [9.17, 15) is 17.3 Å². The second kappa shape index (κ2) is 12.1. The Kier molecular flexibility index (Phi) is 8.85. The number of para-hydroxylation sites is 1. The Labute approximate surface area is 232 Å². The summed E-state index contributed by atoms with van der Waals surface area (Å²) in [7, 11) is -6.00. The summed E-state index contributed by atoms with van der Waals surface area (Å²) in [6, 6.07) is 35.5. The van der Waals surface area contributed by atoms with Crippen LogP contribution in [0.5, 0.6) is 0 Å². The number of rotatable bonds is 5. The van der Waals surface area contributed by atoms with Crippen molar-refractivity contribution in [2.75, 3.05) is 11.2 Å². The summed E-state index contributed by atoms with van der Waals surface area (Å²) < 4.78 is 41.5. The van der Waals surface area contributed by atoms with Crippen LogP contribution in [-0.4, -0.2) is 24.4 Å². The minimum absolute atomic E-state index is 0.136. The summed E-state index contributed by atoms with van der Waals surface area (Å²) in [5, 5.41) is 0. The van der Waals surface area contributed by atoms with Crippen LogP contribution in [0.15, 0.2) is 102 Å². The fraction of sp³-hybridized carbons (Fsp3) is 0.194. The molecule has 5 rings (SSSR count). The van der Waals surface area contributed by atoms with Gasteiger partial charge in [-0.1, -0.05) is 90.5 Å². The number of thioether (sulfide) groups is 1. The van der Waals surface area contributed by atoms with Gasteiger partial charge in [0.05, 0.1) is 4.90 Å². The van der Waals surface area contributed by atoms with Gasteiger partial charge in [0.1, 0.15) is 11.4 Å². The Bertz CT molecular complexity index is 1410. The first-order valence-electron chi connectivity index (χ1n) is 12.7. The molecular weight excluding hydrogens is 519 g/mol. The van der Waals surface area contributed by atoms with E-state index in [1.54, 1.807) is 11.8 Å². The van der Waals surface area contributed by atoms with Crippen LogP contribution in [0, 0.1) is 20.8 Å². The largest absolute Gasteiger partial charge is 0.673 e. The number of nitrogens with zero attached hydrogens (tertiary/aromatic N) is 2. The van der Waals surface area contributed by atoms with E-state index < -0.39 is 7.25 Å². The molecule has 202 valence electrons. The highest BCUT2D eigenvalue weighted by molar-refractivity contribution is 7.98. The number of aryl methyl sites for hydroxylation is 3. The second-order valence-electron chi connectivity index (χ2n) is 9.56. The molecular formula is C31H31BF4N2S. The maximum atomic E-state index is 9.75. The van der Waals surface area contributed by atoms with Crippen LogP contribution in [0.2, 0.25) is 0 Å². The van der Waals surface area contributed by atoms with Crippen LogP contribution in [0.4, 0.5) is 28.6 Å². The summed E-state index contributed by atoms with van der Waals surface area (Å²) in [5.41, 5.74) is 9.09. The molecule has 0 amide bonds. The third-order valence-electron chi connectivity index (χ3n) is 6.69. The Morgan fingerprint density at radius 2 is 1.21 bits per heavy atom. The van der Waals surface area contributed by atoms with Crippen molar-refractivity contribution in [1.29, 1.82) is 0 Å². The maximum Gasteiger partial charge on any atom is 0.673 e. The van der Waals surface area contributed by atoms with Crippen molar-refractivity contribution in [2.24, 2.45) is 0 Å². The van der Waals surface area contributed by atoms with Crippen molar-refractivity contribution in [2.45, 2.75) is 37.8 Å². The molecule has 0 saturated heterocycles. The van der Waals surface area contributed by atoms with E-state index in [0.29, 0.717) is 0 Å². The minimum Gasteiger partial charge on any atom is -0.418 e. The van der Waals surface area contributed by atoms with Gasteiger partial charge in [-0.2, -0.15) is 0 Å². The lowest BCUT2D eigenvalue weighted by molar-refractivity contribution is -0.482. The van der Waals surface area contributed by atoms with Gasteiger partial charge in [0.25, 0.3) is 0 Å². The normalized spacial score (nSPS) is 16.9. The summed E-state index contributed by atoms with van der Waals surface area (Å²) >= 11 is 1.80. The standard InChI is InChI=1S/C31H31N2S.BF4/c1-22-19-23(2)29(24(3)20-22)33-21-32(27-17-11-12-18-28(27)34-4)30(25-13-7-5-8-14-25)31(33)26-15-9-6-10-16-26;2-1(3,4)5/h5-21,30-31H,1-4H3;/q+1;-1/t30-,31-;/m0./s1. The van der Waals surface area contributed by atoms with E-state index in [4.69, 9.17) is 0 Å². The molecule has 1 heterocycles. The van der Waals surface area contributed by atoms with Crippen molar-refractivity contribution in [3.05, 3.63) is 125 Å². The van der Waals surface area contributed by atoms with E-state index in [-0.39, 0.29) is 12.1 Å². The Morgan fingerprint density at radius 3 is 1.74 bits per heavy atom. The van der Waals surface area contributed by atoms with Crippen LogP contribution < -0.4 is 4.90 Å². The van der Waals surface area contributed by atoms with Crippen LogP contribution >= 0.6 is 11.8 Å². The van der Waals surface area contributed by atoms with E-state index >= 15 is 0 Å². The average Bonchev–Trinajstić information content (AvgIpc) is 3.28. The molecule has 0 aliphatic carbocycles. The van der Waals surface area contributed by atoms with E-state index in [0.717, 1.165) is 0 Å². The first-order chi connectivity index (χ1) is 18.6. The number of benzene rings is 4. The first kappa shape index (κ1) is 28.5. The number of hydrogen-bond donors (Lipinski definition) is 0. The zero-order valence-electron chi connectivity index (χ0n) is 22.4. The Balaban J connectivity index is 0.000000648. The summed E-state index contributed by atoms with van der Waals surface area (Å²) in [6.07, 6.45) is 4.50. The van der Waals surface area contributed by atoms with E-state index in [2.05, 4.69) is 140 Å². The Hall–Kier alpha value is -3.52. The van der Waals surface area contributed by atoms with Gasteiger partial charge in [-0.05, 0) is 50.3 Å². The predicted octanol–water partition coefficient (Wildman–Crippen LogP) is 9.31. The molecule has 0 bridgehead atoms. The van der Waals surface area contributed by atoms with Crippen molar-refractivity contribution in [3.8, 4) is 0 Å². The highest BCUT2D eigenvalue weighted by Crippen LogP contribution is 2.47. The van der Waals surface area contributed by atoms with Crippen molar-refractivity contribution >= 4 is 36.7 Å². The summed E-state index contributed by atoms with van der Waals surface area (Å²) in [5.74, 6) is 0. The van der Waals surface area contributed by atoms with Gasteiger partial charge in [-0.3, -0.25) is 0 Å². The fourth-order valence-electron chi connectivity index (χ4n) is 5.40. The first-order valence-corrected chi connectivity index (χ1v) is 13.9. The van der Waals surface area contributed by atoms with Crippen LogP contribution in [0.25, 0.3) is 0 Å². The molecule has 4 aromatic rings. The SMILES string of the molecule is CSc1ccccc1N1C=[N+](c2c(C)cc(C)cc2C)[C@@H](c2ccccc2)[C@@H]1c1ccccc1.F[B-](F)(F)F. The van der Waals surface area contributed by atoms with E-state index in [1.807, 2.05) is 0 Å². The summed E-state index contributed by atoms with van der Waals surface area (Å²) in [6.45, 7) is 6.66. The quantitative estimate of drug-likeness (QED) is 0.106. The minimum atomic E-state index is -6.00. The molecule has 2 atom stereocenters. The third kappa shape index (κ3) is 6.74. The molecule has 2 nitrogen and oxygen atoms in total. The van der Waals surface area contributed by atoms with Crippen LogP contribution in [-0.2, 0) is 0 Å². The highest BCUT2D eigenvalue weighted by Gasteiger charge is 2.46. The molecule has 8 heteroatoms. The maximum absolute atomic E-state index is 9.75. The molecule has 0 fully saturated rings.